The smallest absolute Gasteiger partial charge is 0.489 e. The maximum atomic E-state index is 13.3. The number of urea groups is 1. The first-order valence-corrected chi connectivity index (χ1v) is 12.5. The highest BCUT2D eigenvalue weighted by Gasteiger charge is 2.28. The van der Waals surface area contributed by atoms with Crippen LogP contribution in [0, 0.1) is 11.8 Å². The van der Waals surface area contributed by atoms with E-state index in [-0.39, 0.29) is 18.1 Å². The van der Waals surface area contributed by atoms with Gasteiger partial charge in [-0.05, 0) is 61.3 Å². The Bertz CT molecular complexity index is 1120. The SMILES string of the molecule is C=C/C=C\C(C(C)C)=[N+](\OC)C(=O)Nc1cc2cn(C3CCC(O)CC3)nc2cc1OCC1CC1. The number of hydrogen-bond acceptors (Lipinski definition) is 5. The van der Waals surface area contributed by atoms with Crippen molar-refractivity contribution >= 4 is 28.3 Å². The Morgan fingerprint density at radius 3 is 2.66 bits per heavy atom. The molecule has 0 bridgehead atoms. The second-order valence-corrected chi connectivity index (χ2v) is 9.81. The van der Waals surface area contributed by atoms with E-state index < -0.39 is 6.03 Å². The molecule has 0 aliphatic heterocycles. The lowest BCUT2D eigenvalue weighted by Gasteiger charge is -2.25. The first-order valence-electron chi connectivity index (χ1n) is 12.5. The molecular formula is C27H37N4O4+. The van der Waals surface area contributed by atoms with Crippen LogP contribution in [0.5, 0.6) is 5.75 Å². The van der Waals surface area contributed by atoms with Crippen molar-refractivity contribution in [2.75, 3.05) is 19.0 Å². The number of nitrogens with zero attached hydrogens (tertiary/aromatic N) is 3. The zero-order valence-corrected chi connectivity index (χ0v) is 20.9. The van der Waals surface area contributed by atoms with Crippen LogP contribution in [0.2, 0.25) is 0 Å². The van der Waals surface area contributed by atoms with E-state index >= 15 is 0 Å². The topological polar surface area (TPSA) is 88.6 Å². The highest BCUT2D eigenvalue weighted by molar-refractivity contribution is 5.98. The Morgan fingerprint density at radius 2 is 2.03 bits per heavy atom. The zero-order valence-electron chi connectivity index (χ0n) is 20.9. The van der Waals surface area contributed by atoms with Gasteiger partial charge in [-0.2, -0.15) is 15.2 Å². The molecule has 1 aromatic carbocycles. The van der Waals surface area contributed by atoms with Crippen LogP contribution < -0.4 is 10.1 Å². The number of benzene rings is 1. The van der Waals surface area contributed by atoms with Crippen LogP contribution in [-0.4, -0.2) is 51.2 Å². The molecule has 8 nitrogen and oxygen atoms in total. The Balaban J connectivity index is 1.65. The third-order valence-corrected chi connectivity index (χ3v) is 6.67. The fourth-order valence-electron chi connectivity index (χ4n) is 4.42. The van der Waals surface area contributed by atoms with Gasteiger partial charge in [0.2, 0.25) is 0 Å². The number of carbonyl (C=O) groups is 1. The number of hydrogen-bond donors (Lipinski definition) is 2. The van der Waals surface area contributed by atoms with Crippen LogP contribution in [0.3, 0.4) is 0 Å². The van der Waals surface area contributed by atoms with Gasteiger partial charge in [-0.15, -0.1) is 0 Å². The van der Waals surface area contributed by atoms with E-state index in [1.54, 1.807) is 12.2 Å². The highest BCUT2D eigenvalue weighted by atomic mass is 16.7. The molecule has 0 unspecified atom stereocenters. The third kappa shape index (κ3) is 6.11. The lowest BCUT2D eigenvalue weighted by atomic mass is 9.93. The molecule has 1 aromatic heterocycles. The molecule has 0 atom stereocenters. The molecule has 35 heavy (non-hydrogen) atoms. The van der Waals surface area contributed by atoms with E-state index in [4.69, 9.17) is 14.7 Å². The normalized spacial score (nSPS) is 21.3. The van der Waals surface area contributed by atoms with E-state index in [2.05, 4.69) is 11.9 Å². The van der Waals surface area contributed by atoms with Gasteiger partial charge in [0.25, 0.3) is 0 Å². The Morgan fingerprint density at radius 1 is 1.29 bits per heavy atom. The molecule has 2 fully saturated rings. The number of anilines is 1. The number of hydroxylamine groups is 1. The van der Waals surface area contributed by atoms with Crippen LogP contribution in [-0.2, 0) is 4.84 Å². The van der Waals surface area contributed by atoms with Crippen LogP contribution >= 0.6 is 0 Å². The molecule has 4 rings (SSSR count). The third-order valence-electron chi connectivity index (χ3n) is 6.67. The largest absolute Gasteiger partial charge is 0.535 e. The minimum Gasteiger partial charge on any atom is -0.489 e. The van der Waals surface area contributed by atoms with Gasteiger partial charge in [0, 0.05) is 23.6 Å². The second kappa shape index (κ2) is 11.1. The van der Waals surface area contributed by atoms with Crippen LogP contribution in [0.1, 0.15) is 58.4 Å². The molecule has 1 heterocycles. The average Bonchev–Trinajstić information content (AvgIpc) is 3.58. The van der Waals surface area contributed by atoms with E-state index in [1.165, 1.54) is 24.7 Å². The summed E-state index contributed by atoms with van der Waals surface area (Å²) in [6.45, 7) is 8.33. The molecule has 2 N–H and O–H groups in total. The van der Waals surface area contributed by atoms with Crippen molar-refractivity contribution in [2.45, 2.75) is 64.5 Å². The number of aliphatic hydroxyl groups excluding tert-OH is 1. The molecule has 2 amide bonds. The Labute approximate surface area is 206 Å². The summed E-state index contributed by atoms with van der Waals surface area (Å²) in [5.74, 6) is 1.23. The van der Waals surface area contributed by atoms with Crippen molar-refractivity contribution in [3.05, 3.63) is 43.1 Å². The van der Waals surface area contributed by atoms with Gasteiger partial charge < -0.3 is 14.7 Å². The van der Waals surface area contributed by atoms with E-state index in [1.807, 2.05) is 42.9 Å². The zero-order chi connectivity index (χ0) is 24.9. The lowest BCUT2D eigenvalue weighted by molar-refractivity contribution is -0.705. The first-order chi connectivity index (χ1) is 16.9. The maximum absolute atomic E-state index is 13.3. The fraction of sp³-hybridized carbons (Fsp3) is 0.519. The minimum absolute atomic E-state index is 0.0530. The molecule has 0 spiro atoms. The summed E-state index contributed by atoms with van der Waals surface area (Å²) in [7, 11) is 1.47. The standard InChI is InChI=1S/C27H36N4O4/c1-5-6-7-25(18(2)3)31(34-4)27(33)28-24-14-20-16-30(21-10-12-22(32)13-11-21)29-23(20)15-26(24)35-17-19-8-9-19/h5-7,14-16,18-19,21-22,32H,1,8-13,17H2,2-4H3/p+1/b7-6-,31-25-. The molecule has 2 saturated carbocycles. The monoisotopic (exact) mass is 481 g/mol. The van der Waals surface area contributed by atoms with E-state index in [0.29, 0.717) is 29.7 Å². The molecule has 2 aromatic rings. The number of aliphatic hydroxyl groups is 1. The average molecular weight is 482 g/mol. The van der Waals surface area contributed by atoms with Crippen molar-refractivity contribution in [1.82, 2.24) is 9.78 Å². The molecule has 8 heteroatoms. The van der Waals surface area contributed by atoms with Gasteiger partial charge in [0.1, 0.15) is 7.11 Å². The molecule has 0 radical (unpaired) electrons. The lowest BCUT2D eigenvalue weighted by Crippen LogP contribution is -2.32. The van der Waals surface area contributed by atoms with Crippen LogP contribution in [0.15, 0.2) is 43.1 Å². The number of fused-ring (bicyclic) bond motifs is 1. The molecule has 0 saturated heterocycles. The van der Waals surface area contributed by atoms with E-state index in [9.17, 15) is 9.90 Å². The second-order valence-electron chi connectivity index (χ2n) is 9.81. The number of carbonyl (C=O) groups excluding carboxylic acids is 1. The number of allylic oxidation sites excluding steroid dienone is 3. The number of rotatable bonds is 9. The minimum atomic E-state index is -0.408. The van der Waals surface area contributed by atoms with Gasteiger partial charge in [0.15, 0.2) is 17.1 Å². The van der Waals surface area contributed by atoms with Crippen LogP contribution in [0.25, 0.3) is 10.9 Å². The van der Waals surface area contributed by atoms with Crippen molar-refractivity contribution in [3.8, 4) is 5.75 Å². The van der Waals surface area contributed by atoms with Gasteiger partial charge in [-0.1, -0.05) is 32.6 Å². The fourth-order valence-corrected chi connectivity index (χ4v) is 4.42. The van der Waals surface area contributed by atoms with E-state index in [0.717, 1.165) is 36.6 Å². The van der Waals surface area contributed by atoms with Crippen molar-refractivity contribution < 1.29 is 24.2 Å². The van der Waals surface area contributed by atoms with Crippen LogP contribution in [0.4, 0.5) is 10.5 Å². The number of aromatic nitrogens is 2. The molecule has 2 aliphatic carbocycles. The Kier molecular flexibility index (Phi) is 7.90. The van der Waals surface area contributed by atoms with Crippen molar-refractivity contribution in [2.24, 2.45) is 11.8 Å². The molecular weight excluding hydrogens is 444 g/mol. The predicted octanol–water partition coefficient (Wildman–Crippen LogP) is 5.25. The number of ether oxygens (including phenoxy) is 1. The van der Waals surface area contributed by atoms with Crippen molar-refractivity contribution in [1.29, 1.82) is 0 Å². The molecule has 188 valence electrons. The summed E-state index contributed by atoms with van der Waals surface area (Å²) in [5, 5.41) is 18.6. The summed E-state index contributed by atoms with van der Waals surface area (Å²) in [6, 6.07) is 3.68. The summed E-state index contributed by atoms with van der Waals surface area (Å²) < 4.78 is 9.39. The summed E-state index contributed by atoms with van der Waals surface area (Å²) in [6.07, 6.45) is 12.8. The summed E-state index contributed by atoms with van der Waals surface area (Å²) in [4.78, 5) is 18.7. The number of amides is 2. The van der Waals surface area contributed by atoms with Gasteiger partial charge >= 0.3 is 6.03 Å². The van der Waals surface area contributed by atoms with Gasteiger partial charge in [-0.3, -0.25) is 4.68 Å². The summed E-state index contributed by atoms with van der Waals surface area (Å²) >= 11 is 0. The quantitative estimate of drug-likeness (QED) is 0.221. The predicted molar refractivity (Wildman–Crippen MR) is 137 cm³/mol. The Hall–Kier alpha value is -3.13. The highest BCUT2D eigenvalue weighted by Crippen LogP contribution is 2.35. The number of nitrogens with one attached hydrogen (secondary N) is 1. The van der Waals surface area contributed by atoms with Gasteiger partial charge in [-0.25, -0.2) is 0 Å². The summed E-state index contributed by atoms with van der Waals surface area (Å²) in [5.41, 5.74) is 2.12. The molecule has 2 aliphatic rings. The van der Waals surface area contributed by atoms with Gasteiger partial charge in [0.05, 0.1) is 24.3 Å². The van der Waals surface area contributed by atoms with Crippen molar-refractivity contribution in [3.63, 3.8) is 0 Å². The maximum Gasteiger partial charge on any atom is 0.535 e. The first kappa shape index (κ1) is 25.0.